The van der Waals surface area contributed by atoms with E-state index in [9.17, 15) is 0 Å². The van der Waals surface area contributed by atoms with Crippen LogP contribution in [0.3, 0.4) is 0 Å². The summed E-state index contributed by atoms with van der Waals surface area (Å²) in [6.07, 6.45) is 4.90. The third-order valence-corrected chi connectivity index (χ3v) is 1.60. The van der Waals surface area contributed by atoms with Crippen LogP contribution in [0.15, 0.2) is 12.5 Å². The molecule has 0 aliphatic rings. The normalized spacial score (nSPS) is 10.4. The van der Waals surface area contributed by atoms with E-state index in [1.807, 2.05) is 10.9 Å². The summed E-state index contributed by atoms with van der Waals surface area (Å²) in [5.74, 6) is 0. The maximum Gasteiger partial charge on any atom is 0.0950 e. The molecular weight excluding hydrogens is 140 g/mol. The molecule has 3 heteroatoms. The smallest absolute Gasteiger partial charge is 0.0950 e. The molecule has 1 heterocycles. The molecule has 0 saturated heterocycles. The lowest BCUT2D eigenvalue weighted by molar-refractivity contribution is 0.187. The number of nitrogens with zero attached hydrogens (tertiary/aromatic N) is 2. The second-order valence-corrected chi connectivity index (χ2v) is 2.45. The number of hydrogen-bond acceptors (Lipinski definition) is 2. The zero-order chi connectivity index (χ0) is 8.10. The van der Waals surface area contributed by atoms with Crippen LogP contribution in [0.2, 0.25) is 0 Å². The highest BCUT2D eigenvalue weighted by molar-refractivity contribution is 4.95. The topological polar surface area (TPSA) is 27.1 Å². The van der Waals surface area contributed by atoms with E-state index in [1.165, 1.54) is 0 Å². The molecule has 0 radical (unpaired) electrons. The Bertz CT molecular complexity index is 208. The van der Waals surface area contributed by atoms with Crippen LogP contribution in [0.4, 0.5) is 0 Å². The van der Waals surface area contributed by atoms with E-state index >= 15 is 0 Å². The minimum Gasteiger partial charge on any atom is -0.383 e. The van der Waals surface area contributed by atoms with E-state index in [-0.39, 0.29) is 0 Å². The third kappa shape index (κ3) is 2.35. The average Bonchev–Trinajstić information content (AvgIpc) is 2.48. The highest BCUT2D eigenvalue weighted by Crippen LogP contribution is 1.96. The Morgan fingerprint density at radius 3 is 3.00 bits per heavy atom. The summed E-state index contributed by atoms with van der Waals surface area (Å²) in [5.41, 5.74) is 1.14. The summed E-state index contributed by atoms with van der Waals surface area (Å²) < 4.78 is 6.98. The molecule has 0 aliphatic heterocycles. The molecule has 0 bridgehead atoms. The number of hydrogen-bond donors (Lipinski definition) is 0. The van der Waals surface area contributed by atoms with Crippen LogP contribution in [0.5, 0.6) is 0 Å². The first-order valence-electron chi connectivity index (χ1n) is 3.86. The van der Waals surface area contributed by atoms with Gasteiger partial charge in [-0.15, -0.1) is 0 Å². The molecule has 1 aromatic rings. The minimum absolute atomic E-state index is 0.750. The summed E-state index contributed by atoms with van der Waals surface area (Å²) in [6, 6.07) is 0. The molecule has 3 nitrogen and oxygen atoms in total. The fraction of sp³-hybridized carbons (Fsp3) is 0.625. The van der Waals surface area contributed by atoms with Crippen LogP contribution in [0, 0.1) is 0 Å². The Hall–Kier alpha value is -0.830. The quantitative estimate of drug-likeness (QED) is 0.649. The Morgan fingerprint density at radius 2 is 2.45 bits per heavy atom. The van der Waals surface area contributed by atoms with Gasteiger partial charge in [0, 0.05) is 19.9 Å². The van der Waals surface area contributed by atoms with Crippen LogP contribution < -0.4 is 0 Å². The van der Waals surface area contributed by atoms with Crippen molar-refractivity contribution in [1.82, 2.24) is 9.55 Å². The second-order valence-electron chi connectivity index (χ2n) is 2.45. The lowest BCUT2D eigenvalue weighted by atomic mass is 10.4. The summed E-state index contributed by atoms with van der Waals surface area (Å²) in [4.78, 5) is 4.19. The predicted molar refractivity (Wildman–Crippen MR) is 43.5 cm³/mol. The van der Waals surface area contributed by atoms with Crippen LogP contribution >= 0.6 is 0 Å². The zero-order valence-corrected chi connectivity index (χ0v) is 7.08. The SMILES string of the molecule is CCc1cn(CCOC)cn1. The molecule has 0 amide bonds. The number of rotatable bonds is 4. The highest BCUT2D eigenvalue weighted by atomic mass is 16.5. The molecule has 0 unspecified atom stereocenters. The Kier molecular flexibility index (Phi) is 3.11. The highest BCUT2D eigenvalue weighted by Gasteiger charge is 1.94. The van der Waals surface area contributed by atoms with Gasteiger partial charge in [-0.25, -0.2) is 4.98 Å². The van der Waals surface area contributed by atoms with Gasteiger partial charge in [-0.2, -0.15) is 0 Å². The number of imidazole rings is 1. The van der Waals surface area contributed by atoms with Crippen LogP contribution in [0.25, 0.3) is 0 Å². The van der Waals surface area contributed by atoms with E-state index < -0.39 is 0 Å². The van der Waals surface area contributed by atoms with Crippen molar-refractivity contribution in [2.75, 3.05) is 13.7 Å². The molecule has 0 fully saturated rings. The van der Waals surface area contributed by atoms with Gasteiger partial charge in [0.05, 0.1) is 18.6 Å². The summed E-state index contributed by atoms with van der Waals surface area (Å²) in [5, 5.41) is 0. The van der Waals surface area contributed by atoms with Crippen molar-refractivity contribution < 1.29 is 4.74 Å². The van der Waals surface area contributed by atoms with E-state index in [2.05, 4.69) is 18.1 Å². The lowest BCUT2D eigenvalue weighted by Gasteiger charge is -1.98. The number of methoxy groups -OCH3 is 1. The van der Waals surface area contributed by atoms with Gasteiger partial charge in [-0.05, 0) is 6.42 Å². The molecule has 0 saturated carbocycles. The van der Waals surface area contributed by atoms with Crippen molar-refractivity contribution in [1.29, 1.82) is 0 Å². The van der Waals surface area contributed by atoms with E-state index in [0.29, 0.717) is 0 Å². The minimum atomic E-state index is 0.750. The van der Waals surface area contributed by atoms with Crippen molar-refractivity contribution in [3.05, 3.63) is 18.2 Å². The molecule has 0 atom stereocenters. The summed E-state index contributed by atoms with van der Waals surface area (Å²) >= 11 is 0. The van der Waals surface area contributed by atoms with Gasteiger partial charge >= 0.3 is 0 Å². The summed E-state index contributed by atoms with van der Waals surface area (Å²) in [7, 11) is 1.71. The molecule has 11 heavy (non-hydrogen) atoms. The Morgan fingerprint density at radius 1 is 1.64 bits per heavy atom. The lowest BCUT2D eigenvalue weighted by Crippen LogP contribution is -2.00. The van der Waals surface area contributed by atoms with Gasteiger partial charge in [-0.1, -0.05) is 6.92 Å². The van der Waals surface area contributed by atoms with Crippen molar-refractivity contribution >= 4 is 0 Å². The molecule has 62 valence electrons. The van der Waals surface area contributed by atoms with Crippen molar-refractivity contribution in [3.8, 4) is 0 Å². The Balaban J connectivity index is 2.44. The largest absolute Gasteiger partial charge is 0.383 e. The van der Waals surface area contributed by atoms with E-state index in [1.54, 1.807) is 7.11 Å². The van der Waals surface area contributed by atoms with E-state index in [4.69, 9.17) is 4.74 Å². The van der Waals surface area contributed by atoms with Crippen molar-refractivity contribution in [3.63, 3.8) is 0 Å². The standard InChI is InChI=1S/C8H14N2O/c1-3-8-6-10(7-9-8)4-5-11-2/h6-7H,3-5H2,1-2H3. The first-order valence-corrected chi connectivity index (χ1v) is 3.86. The van der Waals surface area contributed by atoms with Gasteiger partial charge in [0.2, 0.25) is 0 Å². The first kappa shape index (κ1) is 8.27. The number of aromatic nitrogens is 2. The van der Waals surface area contributed by atoms with Crippen LogP contribution in [-0.4, -0.2) is 23.3 Å². The molecule has 1 aromatic heterocycles. The average molecular weight is 154 g/mol. The molecule has 0 spiro atoms. The second kappa shape index (κ2) is 4.13. The first-order chi connectivity index (χ1) is 5.36. The van der Waals surface area contributed by atoms with Gasteiger partial charge in [0.15, 0.2) is 0 Å². The molecule has 1 rings (SSSR count). The maximum absolute atomic E-state index is 4.94. The fourth-order valence-corrected chi connectivity index (χ4v) is 0.908. The monoisotopic (exact) mass is 154 g/mol. The number of ether oxygens (including phenoxy) is 1. The van der Waals surface area contributed by atoms with Gasteiger partial charge in [0.1, 0.15) is 0 Å². The van der Waals surface area contributed by atoms with E-state index in [0.717, 1.165) is 25.3 Å². The van der Waals surface area contributed by atoms with Crippen molar-refractivity contribution in [2.24, 2.45) is 0 Å². The summed E-state index contributed by atoms with van der Waals surface area (Å²) in [6.45, 7) is 3.74. The van der Waals surface area contributed by atoms with Gasteiger partial charge < -0.3 is 9.30 Å². The van der Waals surface area contributed by atoms with Crippen LogP contribution in [0.1, 0.15) is 12.6 Å². The van der Waals surface area contributed by atoms with Crippen LogP contribution in [-0.2, 0) is 17.7 Å². The van der Waals surface area contributed by atoms with Gasteiger partial charge in [-0.3, -0.25) is 0 Å². The molecule has 0 aliphatic carbocycles. The van der Waals surface area contributed by atoms with Crippen molar-refractivity contribution in [2.45, 2.75) is 19.9 Å². The molecule has 0 N–H and O–H groups in total. The molecule has 0 aromatic carbocycles. The van der Waals surface area contributed by atoms with Gasteiger partial charge in [0.25, 0.3) is 0 Å². The Labute approximate surface area is 67.0 Å². The fourth-order valence-electron chi connectivity index (χ4n) is 0.908. The zero-order valence-electron chi connectivity index (χ0n) is 7.08. The third-order valence-electron chi connectivity index (χ3n) is 1.60. The molecular formula is C8H14N2O. The predicted octanol–water partition coefficient (Wildman–Crippen LogP) is 1.09. The maximum atomic E-state index is 4.94. The number of aryl methyl sites for hydroxylation is 1.